The molecule has 0 saturated carbocycles. The molecule has 2 heterocycles. The highest BCUT2D eigenvalue weighted by molar-refractivity contribution is 8.03. The smallest absolute Gasteiger partial charge is 0.101 e. The van der Waals surface area contributed by atoms with Gasteiger partial charge in [-0.2, -0.15) is 5.26 Å². The predicted octanol–water partition coefficient (Wildman–Crippen LogP) is 6.43. The first-order valence-electron chi connectivity index (χ1n) is 9.27. The number of hydrogen-bond donors (Lipinski definition) is 0. The van der Waals surface area contributed by atoms with Gasteiger partial charge in [0.05, 0.1) is 22.6 Å². The second-order valence-corrected chi connectivity index (χ2v) is 7.84. The van der Waals surface area contributed by atoms with Gasteiger partial charge in [-0.05, 0) is 43.2 Å². The van der Waals surface area contributed by atoms with Crippen molar-refractivity contribution in [2.75, 3.05) is 4.90 Å². The number of anilines is 2. The van der Waals surface area contributed by atoms with Crippen LogP contribution in [0.25, 0.3) is 11.1 Å². The van der Waals surface area contributed by atoms with E-state index in [1.807, 2.05) is 23.9 Å². The maximum absolute atomic E-state index is 9.60. The first-order valence-corrected chi connectivity index (χ1v) is 10.1. The van der Waals surface area contributed by atoms with Crippen LogP contribution in [-0.2, 0) is 0 Å². The van der Waals surface area contributed by atoms with Crippen LogP contribution in [0, 0.1) is 11.3 Å². The second kappa shape index (κ2) is 7.03. The van der Waals surface area contributed by atoms with Gasteiger partial charge >= 0.3 is 0 Å². The lowest BCUT2D eigenvalue weighted by Gasteiger charge is -2.36. The number of para-hydroxylation sites is 2. The van der Waals surface area contributed by atoms with Gasteiger partial charge in [-0.15, -0.1) is 0 Å². The van der Waals surface area contributed by atoms with Gasteiger partial charge in [-0.3, -0.25) is 4.98 Å². The van der Waals surface area contributed by atoms with E-state index in [1.165, 1.54) is 21.2 Å². The lowest BCUT2D eigenvalue weighted by molar-refractivity contribution is 0.969. The fourth-order valence-electron chi connectivity index (χ4n) is 3.80. The standard InChI is InChI=1S/C24H17N3S/c25-15-17-16-26-14-13-18(17)19-7-1-2-8-20(19)27-21-9-3-5-11-23(21)28-24-12-6-4-10-22(24)27/h1-5,7-11,13-14,16H,6,12H2. The summed E-state index contributed by atoms with van der Waals surface area (Å²) < 4.78 is 0. The molecule has 4 heteroatoms. The van der Waals surface area contributed by atoms with E-state index < -0.39 is 0 Å². The molecule has 0 radical (unpaired) electrons. The van der Waals surface area contributed by atoms with Crippen molar-refractivity contribution in [3.63, 3.8) is 0 Å². The first kappa shape index (κ1) is 16.9. The molecule has 0 N–H and O–H groups in total. The van der Waals surface area contributed by atoms with Crippen molar-refractivity contribution in [2.24, 2.45) is 0 Å². The number of pyridine rings is 1. The van der Waals surface area contributed by atoms with Crippen LogP contribution in [0.2, 0.25) is 0 Å². The van der Waals surface area contributed by atoms with Crippen LogP contribution in [0.5, 0.6) is 0 Å². The minimum Gasteiger partial charge on any atom is -0.308 e. The minimum atomic E-state index is 0.586. The molecule has 0 fully saturated rings. The molecule has 0 bridgehead atoms. The van der Waals surface area contributed by atoms with Crippen molar-refractivity contribution in [2.45, 2.75) is 17.7 Å². The zero-order chi connectivity index (χ0) is 18.9. The van der Waals surface area contributed by atoms with Crippen LogP contribution >= 0.6 is 11.8 Å². The molecule has 1 aliphatic heterocycles. The van der Waals surface area contributed by atoms with Crippen molar-refractivity contribution in [1.29, 1.82) is 5.26 Å². The number of fused-ring (bicyclic) bond motifs is 1. The van der Waals surface area contributed by atoms with Crippen LogP contribution in [0.4, 0.5) is 11.4 Å². The molecule has 1 aromatic heterocycles. The van der Waals surface area contributed by atoms with E-state index in [-0.39, 0.29) is 0 Å². The van der Waals surface area contributed by atoms with Gasteiger partial charge in [0.15, 0.2) is 0 Å². The van der Waals surface area contributed by atoms with E-state index >= 15 is 0 Å². The molecular weight excluding hydrogens is 362 g/mol. The summed E-state index contributed by atoms with van der Waals surface area (Å²) in [5.74, 6) is 0. The Morgan fingerprint density at radius 2 is 1.79 bits per heavy atom. The van der Waals surface area contributed by atoms with Gasteiger partial charge in [0.1, 0.15) is 6.07 Å². The average Bonchev–Trinajstić information content (AvgIpc) is 2.77. The molecule has 0 atom stereocenters. The Balaban J connectivity index is 1.77. The summed E-state index contributed by atoms with van der Waals surface area (Å²) in [4.78, 5) is 9.13. The van der Waals surface area contributed by atoms with E-state index in [4.69, 9.17) is 0 Å². The summed E-state index contributed by atoms with van der Waals surface area (Å²) in [6, 6.07) is 21.1. The van der Waals surface area contributed by atoms with Gasteiger partial charge in [-0.1, -0.05) is 48.2 Å². The summed E-state index contributed by atoms with van der Waals surface area (Å²) in [6.45, 7) is 0. The fraction of sp³-hybridized carbons (Fsp3) is 0.0833. The molecule has 2 aromatic carbocycles. The Kier molecular flexibility index (Phi) is 4.23. The zero-order valence-corrected chi connectivity index (χ0v) is 16.0. The lowest BCUT2D eigenvalue weighted by Crippen LogP contribution is -2.22. The molecule has 0 saturated heterocycles. The Hall–Kier alpha value is -3.29. The van der Waals surface area contributed by atoms with Crippen LogP contribution < -0.4 is 4.90 Å². The second-order valence-electron chi connectivity index (χ2n) is 6.70. The number of thioether (sulfide) groups is 1. The average molecular weight is 379 g/mol. The van der Waals surface area contributed by atoms with Crippen molar-refractivity contribution < 1.29 is 0 Å². The molecular formula is C24H17N3S. The normalized spacial score (nSPS) is 15.0. The zero-order valence-electron chi connectivity index (χ0n) is 15.2. The lowest BCUT2D eigenvalue weighted by atomic mass is 9.98. The highest BCUT2D eigenvalue weighted by Crippen LogP contribution is 2.51. The number of hydrogen-bond acceptors (Lipinski definition) is 4. The Bertz CT molecular complexity index is 1170. The topological polar surface area (TPSA) is 39.9 Å². The quantitative estimate of drug-likeness (QED) is 0.515. The monoisotopic (exact) mass is 379 g/mol. The van der Waals surface area contributed by atoms with Gasteiger partial charge in [0, 0.05) is 33.3 Å². The molecule has 3 aromatic rings. The van der Waals surface area contributed by atoms with E-state index in [2.05, 4.69) is 70.6 Å². The molecule has 1 aliphatic carbocycles. The summed E-state index contributed by atoms with van der Waals surface area (Å²) in [7, 11) is 0. The number of nitrogens with zero attached hydrogens (tertiary/aromatic N) is 3. The summed E-state index contributed by atoms with van der Waals surface area (Å²) in [6.07, 6.45) is 10.00. The minimum absolute atomic E-state index is 0.586. The summed E-state index contributed by atoms with van der Waals surface area (Å²) in [5.41, 5.74) is 6.02. The number of allylic oxidation sites excluding steroid dienone is 3. The Labute approximate surface area is 168 Å². The summed E-state index contributed by atoms with van der Waals surface area (Å²) in [5, 5.41) is 9.60. The van der Waals surface area contributed by atoms with E-state index in [0.717, 1.165) is 29.7 Å². The Morgan fingerprint density at radius 1 is 0.964 bits per heavy atom. The number of rotatable bonds is 2. The highest BCUT2D eigenvalue weighted by atomic mass is 32.2. The van der Waals surface area contributed by atoms with Crippen LogP contribution in [0.1, 0.15) is 18.4 Å². The third kappa shape index (κ3) is 2.72. The SMILES string of the molecule is N#Cc1cnccc1-c1ccccc1N1C2=C(CCC=C2)Sc2ccccc21. The molecule has 134 valence electrons. The van der Waals surface area contributed by atoms with Gasteiger partial charge in [0.25, 0.3) is 0 Å². The molecule has 0 unspecified atom stereocenters. The highest BCUT2D eigenvalue weighted by Gasteiger charge is 2.28. The van der Waals surface area contributed by atoms with E-state index in [9.17, 15) is 5.26 Å². The van der Waals surface area contributed by atoms with Crippen molar-refractivity contribution in [1.82, 2.24) is 4.98 Å². The Morgan fingerprint density at radius 3 is 2.68 bits per heavy atom. The predicted molar refractivity (Wildman–Crippen MR) is 114 cm³/mol. The molecule has 0 spiro atoms. The van der Waals surface area contributed by atoms with Gasteiger partial charge in [0.2, 0.25) is 0 Å². The van der Waals surface area contributed by atoms with E-state index in [0.29, 0.717) is 5.56 Å². The number of nitriles is 1. The van der Waals surface area contributed by atoms with Crippen molar-refractivity contribution in [3.05, 3.63) is 95.3 Å². The third-order valence-electron chi connectivity index (χ3n) is 5.06. The molecule has 3 nitrogen and oxygen atoms in total. The number of benzene rings is 2. The molecule has 28 heavy (non-hydrogen) atoms. The van der Waals surface area contributed by atoms with Crippen molar-refractivity contribution in [3.8, 4) is 17.2 Å². The largest absolute Gasteiger partial charge is 0.308 e. The number of aromatic nitrogens is 1. The third-order valence-corrected chi connectivity index (χ3v) is 6.28. The van der Waals surface area contributed by atoms with Crippen LogP contribution in [-0.4, -0.2) is 4.98 Å². The van der Waals surface area contributed by atoms with Gasteiger partial charge < -0.3 is 4.90 Å². The molecule has 0 amide bonds. The maximum atomic E-state index is 9.60. The summed E-state index contributed by atoms with van der Waals surface area (Å²) >= 11 is 1.87. The maximum Gasteiger partial charge on any atom is 0.101 e. The molecule has 2 aliphatic rings. The van der Waals surface area contributed by atoms with Gasteiger partial charge in [-0.25, -0.2) is 0 Å². The molecule has 5 rings (SSSR count). The first-order chi connectivity index (χ1) is 13.9. The fourth-order valence-corrected chi connectivity index (χ4v) is 4.96. The van der Waals surface area contributed by atoms with Crippen LogP contribution in [0.15, 0.2) is 94.6 Å². The van der Waals surface area contributed by atoms with Crippen molar-refractivity contribution >= 4 is 23.1 Å². The van der Waals surface area contributed by atoms with E-state index in [1.54, 1.807) is 12.4 Å². The van der Waals surface area contributed by atoms with Crippen LogP contribution in [0.3, 0.4) is 0 Å².